The van der Waals surface area contributed by atoms with Crippen molar-refractivity contribution in [2.24, 2.45) is 4.99 Å². The maximum absolute atomic E-state index is 5.76. The van der Waals surface area contributed by atoms with E-state index in [1.54, 1.807) is 7.11 Å². The number of hydrogen-bond acceptors (Lipinski definition) is 4. The number of aryl methyl sites for hydroxylation is 2. The number of halogens is 1. The van der Waals surface area contributed by atoms with Crippen LogP contribution in [0, 0.1) is 6.92 Å². The van der Waals surface area contributed by atoms with Crippen LogP contribution in [-0.4, -0.2) is 48.9 Å². The second-order valence-corrected chi connectivity index (χ2v) is 6.48. The molecule has 0 atom stereocenters. The SMILES string of the molecule is CCNC(=NCCCCn1ccnc1C)Nc1cccc(OCCCOC)c1.I. The lowest BCUT2D eigenvalue weighted by molar-refractivity contribution is 0.172. The summed E-state index contributed by atoms with van der Waals surface area (Å²) in [4.78, 5) is 8.93. The number of guanidine groups is 1. The number of methoxy groups -OCH3 is 1. The number of imidazole rings is 1. The third-order valence-corrected chi connectivity index (χ3v) is 4.20. The highest BCUT2D eigenvalue weighted by Crippen LogP contribution is 2.17. The quantitative estimate of drug-likeness (QED) is 0.193. The minimum Gasteiger partial charge on any atom is -0.493 e. The lowest BCUT2D eigenvalue weighted by Crippen LogP contribution is -2.30. The highest BCUT2D eigenvalue weighted by molar-refractivity contribution is 14.0. The van der Waals surface area contributed by atoms with Crippen LogP contribution in [-0.2, 0) is 11.3 Å². The first-order valence-electron chi connectivity index (χ1n) is 9.97. The Balaban J connectivity index is 0.00000420. The molecule has 0 amide bonds. The van der Waals surface area contributed by atoms with Crippen molar-refractivity contribution in [2.45, 2.75) is 39.7 Å². The number of hydrogen-bond donors (Lipinski definition) is 2. The van der Waals surface area contributed by atoms with Gasteiger partial charge in [-0.15, -0.1) is 24.0 Å². The second-order valence-electron chi connectivity index (χ2n) is 6.48. The number of aliphatic imine (C=N–C) groups is 1. The summed E-state index contributed by atoms with van der Waals surface area (Å²) in [5.74, 6) is 2.69. The van der Waals surface area contributed by atoms with Crippen molar-refractivity contribution in [1.82, 2.24) is 14.9 Å². The lowest BCUT2D eigenvalue weighted by Gasteiger charge is -2.13. The maximum Gasteiger partial charge on any atom is 0.195 e. The van der Waals surface area contributed by atoms with Crippen LogP contribution in [0.25, 0.3) is 0 Å². The Bertz CT molecular complexity index is 721. The first-order chi connectivity index (χ1) is 13.7. The van der Waals surface area contributed by atoms with Crippen LogP contribution in [0.15, 0.2) is 41.7 Å². The lowest BCUT2D eigenvalue weighted by atomic mass is 10.3. The van der Waals surface area contributed by atoms with E-state index in [4.69, 9.17) is 9.47 Å². The first kappa shape index (κ1) is 25.2. The fraction of sp³-hybridized carbons (Fsp3) is 0.524. The highest BCUT2D eigenvalue weighted by atomic mass is 127. The van der Waals surface area contributed by atoms with E-state index in [1.165, 1.54) is 0 Å². The van der Waals surface area contributed by atoms with Crippen molar-refractivity contribution in [3.8, 4) is 5.75 Å². The van der Waals surface area contributed by atoms with E-state index in [9.17, 15) is 0 Å². The topological polar surface area (TPSA) is 72.7 Å². The van der Waals surface area contributed by atoms with Crippen LogP contribution in [0.3, 0.4) is 0 Å². The average molecular weight is 515 g/mol. The molecule has 2 rings (SSSR count). The van der Waals surface area contributed by atoms with Gasteiger partial charge >= 0.3 is 0 Å². The van der Waals surface area contributed by atoms with Crippen LogP contribution in [0.1, 0.15) is 32.0 Å². The Labute approximate surface area is 191 Å². The third-order valence-electron chi connectivity index (χ3n) is 4.20. The Morgan fingerprint density at radius 1 is 1.21 bits per heavy atom. The van der Waals surface area contributed by atoms with E-state index in [0.717, 1.165) is 62.1 Å². The van der Waals surface area contributed by atoms with Gasteiger partial charge in [0.2, 0.25) is 0 Å². The highest BCUT2D eigenvalue weighted by Gasteiger charge is 2.02. The summed E-state index contributed by atoms with van der Waals surface area (Å²) in [6.45, 7) is 8.00. The Kier molecular flexibility index (Phi) is 13.1. The number of benzene rings is 1. The summed E-state index contributed by atoms with van der Waals surface area (Å²) in [6, 6.07) is 7.93. The zero-order chi connectivity index (χ0) is 20.0. The molecule has 1 aromatic carbocycles. The molecule has 1 aromatic heterocycles. The molecule has 29 heavy (non-hydrogen) atoms. The third kappa shape index (κ3) is 9.98. The summed E-state index contributed by atoms with van der Waals surface area (Å²) >= 11 is 0. The van der Waals surface area contributed by atoms with Crippen molar-refractivity contribution < 1.29 is 9.47 Å². The van der Waals surface area contributed by atoms with Crippen LogP contribution in [0.5, 0.6) is 5.75 Å². The van der Waals surface area contributed by atoms with Gasteiger partial charge in [0.1, 0.15) is 11.6 Å². The fourth-order valence-corrected chi connectivity index (χ4v) is 2.73. The molecule has 0 bridgehead atoms. The van der Waals surface area contributed by atoms with E-state index in [2.05, 4.69) is 32.1 Å². The van der Waals surface area contributed by atoms with Crippen molar-refractivity contribution in [1.29, 1.82) is 0 Å². The summed E-state index contributed by atoms with van der Waals surface area (Å²) in [7, 11) is 1.70. The monoisotopic (exact) mass is 515 g/mol. The van der Waals surface area contributed by atoms with Crippen LogP contribution < -0.4 is 15.4 Å². The molecule has 2 N–H and O–H groups in total. The number of nitrogens with one attached hydrogen (secondary N) is 2. The summed E-state index contributed by atoms with van der Waals surface area (Å²) in [5, 5.41) is 6.64. The minimum absolute atomic E-state index is 0. The number of ether oxygens (including phenoxy) is 2. The molecule has 0 fully saturated rings. The van der Waals surface area contributed by atoms with E-state index >= 15 is 0 Å². The van der Waals surface area contributed by atoms with Gasteiger partial charge in [0.25, 0.3) is 0 Å². The standard InChI is InChI=1S/C21H33N5O2.HI/c1-4-22-21(24-11-5-6-13-26-14-12-23-18(26)2)25-19-9-7-10-20(17-19)28-16-8-15-27-3;/h7,9-10,12,14,17H,4-6,8,11,13,15-16H2,1-3H3,(H2,22,24,25);1H. The number of anilines is 1. The Hall–Kier alpha value is -1.81. The molecule has 7 nitrogen and oxygen atoms in total. The molecular weight excluding hydrogens is 481 g/mol. The van der Waals surface area contributed by atoms with E-state index in [-0.39, 0.29) is 24.0 Å². The van der Waals surface area contributed by atoms with Crippen molar-refractivity contribution >= 4 is 35.6 Å². The zero-order valence-corrected chi connectivity index (χ0v) is 20.0. The summed E-state index contributed by atoms with van der Waals surface area (Å²) in [5.41, 5.74) is 0.956. The number of unbranched alkanes of at least 4 members (excludes halogenated alkanes) is 1. The molecule has 162 valence electrons. The Morgan fingerprint density at radius 3 is 2.79 bits per heavy atom. The number of nitrogens with zero attached hydrogens (tertiary/aromatic N) is 3. The van der Waals surface area contributed by atoms with Gasteiger partial charge in [-0.3, -0.25) is 4.99 Å². The first-order valence-corrected chi connectivity index (χ1v) is 9.97. The van der Waals surface area contributed by atoms with Gasteiger partial charge < -0.3 is 24.7 Å². The molecule has 0 spiro atoms. The molecule has 0 aliphatic heterocycles. The van der Waals surface area contributed by atoms with Gasteiger partial charge in [0, 0.05) is 63.9 Å². The van der Waals surface area contributed by atoms with Crippen molar-refractivity contribution in [3.63, 3.8) is 0 Å². The number of rotatable bonds is 12. The van der Waals surface area contributed by atoms with Gasteiger partial charge in [-0.25, -0.2) is 4.98 Å². The van der Waals surface area contributed by atoms with Crippen molar-refractivity contribution in [2.75, 3.05) is 38.7 Å². The normalized spacial score (nSPS) is 11.1. The molecular formula is C21H34IN5O2. The van der Waals surface area contributed by atoms with Gasteiger partial charge in [-0.05, 0) is 38.8 Å². The molecule has 1 heterocycles. The van der Waals surface area contributed by atoms with Crippen LogP contribution in [0.4, 0.5) is 5.69 Å². The van der Waals surface area contributed by atoms with E-state index in [1.807, 2.05) is 43.6 Å². The molecule has 0 aliphatic carbocycles. The smallest absolute Gasteiger partial charge is 0.195 e. The van der Waals surface area contributed by atoms with Gasteiger partial charge in [-0.2, -0.15) is 0 Å². The summed E-state index contributed by atoms with van der Waals surface area (Å²) < 4.78 is 13.0. The Morgan fingerprint density at radius 2 is 2.07 bits per heavy atom. The molecule has 2 aromatic rings. The van der Waals surface area contributed by atoms with Crippen LogP contribution >= 0.6 is 24.0 Å². The predicted octanol–water partition coefficient (Wildman–Crippen LogP) is 4.08. The van der Waals surface area contributed by atoms with Gasteiger partial charge in [0.05, 0.1) is 6.61 Å². The minimum atomic E-state index is 0. The molecule has 8 heteroatoms. The van der Waals surface area contributed by atoms with Gasteiger partial charge in [0.15, 0.2) is 5.96 Å². The average Bonchev–Trinajstić information content (AvgIpc) is 3.10. The van der Waals surface area contributed by atoms with Gasteiger partial charge in [-0.1, -0.05) is 6.07 Å². The molecule has 0 unspecified atom stereocenters. The van der Waals surface area contributed by atoms with E-state index in [0.29, 0.717) is 13.2 Å². The number of aromatic nitrogens is 2. The van der Waals surface area contributed by atoms with E-state index < -0.39 is 0 Å². The summed E-state index contributed by atoms with van der Waals surface area (Å²) in [6.07, 6.45) is 6.84. The molecule has 0 saturated carbocycles. The maximum atomic E-state index is 5.76. The molecule has 0 saturated heterocycles. The largest absolute Gasteiger partial charge is 0.493 e. The fourth-order valence-electron chi connectivity index (χ4n) is 2.73. The molecule has 0 radical (unpaired) electrons. The predicted molar refractivity (Wildman–Crippen MR) is 130 cm³/mol. The molecule has 0 aliphatic rings. The van der Waals surface area contributed by atoms with Crippen LogP contribution in [0.2, 0.25) is 0 Å². The second kappa shape index (κ2) is 15.1. The van der Waals surface area contributed by atoms with Crippen molar-refractivity contribution in [3.05, 3.63) is 42.5 Å². The zero-order valence-electron chi connectivity index (χ0n) is 17.7.